The zero-order chi connectivity index (χ0) is 13.7. The van der Waals surface area contributed by atoms with Gasteiger partial charge in [-0.05, 0) is 30.5 Å². The van der Waals surface area contributed by atoms with Crippen molar-refractivity contribution in [1.29, 1.82) is 0 Å². The lowest BCUT2D eigenvalue weighted by Gasteiger charge is -2.20. The molecule has 6 heteroatoms. The fraction of sp³-hybridized carbons (Fsp3) is 0.286. The molecule has 2 aromatic heterocycles. The first-order valence-electron chi connectivity index (χ1n) is 6.19. The van der Waals surface area contributed by atoms with E-state index < -0.39 is 0 Å². The van der Waals surface area contributed by atoms with Gasteiger partial charge in [0, 0.05) is 17.1 Å². The lowest BCUT2D eigenvalue weighted by atomic mass is 10.2. The maximum Gasteiger partial charge on any atom is 0.228 e. The molecule has 0 saturated carbocycles. The van der Waals surface area contributed by atoms with E-state index in [0.717, 1.165) is 5.69 Å². The van der Waals surface area contributed by atoms with Crippen LogP contribution < -0.4 is 5.73 Å². The maximum absolute atomic E-state index is 12.2. The standard InChI is InChI=1S/C14H17N3OS.ClH/c1-2-17(10-13-4-3-7-19-13)14(18)8-12-6-5-11(15)9-16-12;/h3-7,9H,2,8,10,15H2,1H3;1H. The summed E-state index contributed by atoms with van der Waals surface area (Å²) in [6.07, 6.45) is 1.90. The fourth-order valence-corrected chi connectivity index (χ4v) is 2.49. The smallest absolute Gasteiger partial charge is 0.228 e. The summed E-state index contributed by atoms with van der Waals surface area (Å²) in [6.45, 7) is 3.36. The Kier molecular flexibility index (Phi) is 6.48. The number of thiophene rings is 1. The first-order chi connectivity index (χ1) is 9.19. The minimum atomic E-state index is 0. The molecule has 0 unspecified atom stereocenters. The van der Waals surface area contributed by atoms with Crippen molar-refractivity contribution >= 4 is 35.3 Å². The van der Waals surface area contributed by atoms with E-state index in [1.807, 2.05) is 29.3 Å². The summed E-state index contributed by atoms with van der Waals surface area (Å²) < 4.78 is 0. The Hall–Kier alpha value is -1.59. The molecule has 2 aromatic rings. The number of pyridine rings is 1. The highest BCUT2D eigenvalue weighted by molar-refractivity contribution is 7.09. The van der Waals surface area contributed by atoms with Crippen molar-refractivity contribution in [3.05, 3.63) is 46.4 Å². The van der Waals surface area contributed by atoms with Gasteiger partial charge in [-0.3, -0.25) is 9.78 Å². The van der Waals surface area contributed by atoms with Gasteiger partial charge in [0.05, 0.1) is 24.8 Å². The van der Waals surface area contributed by atoms with Crippen molar-refractivity contribution in [3.63, 3.8) is 0 Å². The lowest BCUT2D eigenvalue weighted by Crippen LogP contribution is -2.31. The van der Waals surface area contributed by atoms with E-state index in [1.54, 1.807) is 29.7 Å². The third-order valence-corrected chi connectivity index (χ3v) is 3.70. The van der Waals surface area contributed by atoms with Gasteiger partial charge in [-0.1, -0.05) is 6.07 Å². The van der Waals surface area contributed by atoms with Crippen LogP contribution in [-0.2, 0) is 17.8 Å². The van der Waals surface area contributed by atoms with E-state index in [2.05, 4.69) is 4.98 Å². The van der Waals surface area contributed by atoms with Crippen molar-refractivity contribution in [3.8, 4) is 0 Å². The molecule has 0 aliphatic rings. The highest BCUT2D eigenvalue weighted by Crippen LogP contribution is 2.13. The minimum Gasteiger partial charge on any atom is -0.397 e. The zero-order valence-electron chi connectivity index (χ0n) is 11.3. The number of likely N-dealkylation sites (N-methyl/N-ethyl adjacent to an activating group) is 1. The van der Waals surface area contributed by atoms with E-state index in [1.165, 1.54) is 4.88 Å². The number of nitrogen functional groups attached to an aromatic ring is 1. The predicted molar refractivity (Wildman–Crippen MR) is 85.0 cm³/mol. The number of hydrogen-bond acceptors (Lipinski definition) is 4. The SMILES string of the molecule is CCN(Cc1cccs1)C(=O)Cc1ccc(N)cn1.Cl. The van der Waals surface area contributed by atoms with Crippen LogP contribution in [0, 0.1) is 0 Å². The first kappa shape index (κ1) is 16.5. The molecule has 0 aliphatic carbocycles. The largest absolute Gasteiger partial charge is 0.397 e. The Morgan fingerprint density at radius 2 is 2.20 bits per heavy atom. The predicted octanol–water partition coefficient (Wildman–Crippen LogP) is 2.74. The van der Waals surface area contributed by atoms with Crippen LogP contribution in [0.25, 0.3) is 0 Å². The van der Waals surface area contributed by atoms with Crippen molar-refractivity contribution in [2.24, 2.45) is 0 Å². The normalized spacial score (nSPS) is 9.85. The molecule has 0 aliphatic heterocycles. The molecule has 4 nitrogen and oxygen atoms in total. The van der Waals surface area contributed by atoms with Gasteiger partial charge in [0.2, 0.25) is 5.91 Å². The van der Waals surface area contributed by atoms with E-state index in [9.17, 15) is 4.79 Å². The summed E-state index contributed by atoms with van der Waals surface area (Å²) in [4.78, 5) is 19.4. The molecule has 1 amide bonds. The number of halogens is 1. The Balaban J connectivity index is 0.00000200. The average Bonchev–Trinajstić information content (AvgIpc) is 2.91. The minimum absolute atomic E-state index is 0. The van der Waals surface area contributed by atoms with Gasteiger partial charge in [0.1, 0.15) is 0 Å². The summed E-state index contributed by atoms with van der Waals surface area (Å²) in [5.74, 6) is 0.0909. The van der Waals surface area contributed by atoms with Crippen molar-refractivity contribution in [2.75, 3.05) is 12.3 Å². The van der Waals surface area contributed by atoms with Crippen LogP contribution >= 0.6 is 23.7 Å². The quantitative estimate of drug-likeness (QED) is 0.923. The third-order valence-electron chi connectivity index (χ3n) is 2.84. The highest BCUT2D eigenvalue weighted by atomic mass is 35.5. The Labute approximate surface area is 129 Å². The Morgan fingerprint density at radius 1 is 1.40 bits per heavy atom. The first-order valence-corrected chi connectivity index (χ1v) is 7.07. The maximum atomic E-state index is 12.2. The second kappa shape index (κ2) is 7.87. The molecule has 0 spiro atoms. The third kappa shape index (κ3) is 4.51. The van der Waals surface area contributed by atoms with E-state index in [0.29, 0.717) is 25.2 Å². The van der Waals surface area contributed by atoms with Crippen LogP contribution in [-0.4, -0.2) is 22.3 Å². The molecular weight excluding hydrogens is 294 g/mol. The van der Waals surface area contributed by atoms with Gasteiger partial charge in [0.15, 0.2) is 0 Å². The van der Waals surface area contributed by atoms with Gasteiger partial charge in [0.25, 0.3) is 0 Å². The molecule has 0 atom stereocenters. The number of anilines is 1. The van der Waals surface area contributed by atoms with E-state index in [-0.39, 0.29) is 18.3 Å². The molecule has 0 fully saturated rings. The number of carbonyl (C=O) groups excluding carboxylic acids is 1. The second-order valence-corrected chi connectivity index (χ2v) is 5.28. The molecule has 0 saturated heterocycles. The number of rotatable bonds is 5. The molecule has 0 radical (unpaired) electrons. The van der Waals surface area contributed by atoms with Crippen LogP contribution in [0.3, 0.4) is 0 Å². The summed E-state index contributed by atoms with van der Waals surface area (Å²) in [7, 11) is 0. The fourth-order valence-electron chi connectivity index (χ4n) is 1.77. The van der Waals surface area contributed by atoms with Crippen LogP contribution in [0.15, 0.2) is 35.8 Å². The van der Waals surface area contributed by atoms with E-state index in [4.69, 9.17) is 5.73 Å². The zero-order valence-corrected chi connectivity index (χ0v) is 12.9. The molecular formula is C14H18ClN3OS. The molecule has 2 rings (SSSR count). The number of aromatic nitrogens is 1. The second-order valence-electron chi connectivity index (χ2n) is 4.25. The molecule has 2 heterocycles. The Bertz CT molecular complexity index is 528. The molecule has 108 valence electrons. The van der Waals surface area contributed by atoms with Gasteiger partial charge in [-0.15, -0.1) is 23.7 Å². The van der Waals surface area contributed by atoms with Crippen molar-refractivity contribution < 1.29 is 4.79 Å². The van der Waals surface area contributed by atoms with E-state index >= 15 is 0 Å². The van der Waals surface area contributed by atoms with Gasteiger partial charge in [-0.2, -0.15) is 0 Å². The average molecular weight is 312 g/mol. The van der Waals surface area contributed by atoms with Crippen molar-refractivity contribution in [1.82, 2.24) is 9.88 Å². The van der Waals surface area contributed by atoms with Crippen LogP contribution in [0.1, 0.15) is 17.5 Å². The number of nitrogens with two attached hydrogens (primary N) is 1. The van der Waals surface area contributed by atoms with Crippen molar-refractivity contribution in [2.45, 2.75) is 19.9 Å². The molecule has 0 bridgehead atoms. The van der Waals surface area contributed by atoms with Crippen LogP contribution in [0.5, 0.6) is 0 Å². The molecule has 2 N–H and O–H groups in total. The van der Waals surface area contributed by atoms with Gasteiger partial charge in [-0.25, -0.2) is 0 Å². The Morgan fingerprint density at radius 3 is 2.75 bits per heavy atom. The number of hydrogen-bond donors (Lipinski definition) is 1. The monoisotopic (exact) mass is 311 g/mol. The highest BCUT2D eigenvalue weighted by Gasteiger charge is 2.13. The summed E-state index contributed by atoms with van der Waals surface area (Å²) in [6, 6.07) is 7.61. The lowest BCUT2D eigenvalue weighted by molar-refractivity contribution is -0.130. The molecule has 20 heavy (non-hydrogen) atoms. The van der Waals surface area contributed by atoms with Crippen LogP contribution in [0.2, 0.25) is 0 Å². The van der Waals surface area contributed by atoms with Gasteiger partial charge < -0.3 is 10.6 Å². The number of carbonyl (C=O) groups is 1. The summed E-state index contributed by atoms with van der Waals surface area (Å²) >= 11 is 1.67. The van der Waals surface area contributed by atoms with Gasteiger partial charge >= 0.3 is 0 Å². The number of amides is 1. The summed E-state index contributed by atoms with van der Waals surface area (Å²) in [5, 5.41) is 2.02. The van der Waals surface area contributed by atoms with Crippen LogP contribution in [0.4, 0.5) is 5.69 Å². The topological polar surface area (TPSA) is 59.2 Å². The number of nitrogens with zero attached hydrogens (tertiary/aromatic N) is 2. The molecule has 0 aromatic carbocycles. The summed E-state index contributed by atoms with van der Waals surface area (Å²) in [5.41, 5.74) is 6.94.